The number of amides is 1. The monoisotopic (exact) mass is 197 g/mol. The number of rotatable bonds is 2. The van der Waals surface area contributed by atoms with Gasteiger partial charge in [-0.3, -0.25) is 4.79 Å². The summed E-state index contributed by atoms with van der Waals surface area (Å²) in [4.78, 5) is 10.9. The highest BCUT2D eigenvalue weighted by Crippen LogP contribution is 2.27. The standard InChI is InChI=1S/C7H10F3NO2/c8-7(9,10)6(13)11-5(12)4-2-1-3-4/h4,6,13H,1-3H2,(H,11,12). The average Bonchev–Trinajstić information content (AvgIpc) is 1.79. The second-order valence-corrected chi connectivity index (χ2v) is 3.08. The van der Waals surface area contributed by atoms with Crippen LogP contribution in [0.3, 0.4) is 0 Å². The number of nitrogens with one attached hydrogen (secondary N) is 1. The Balaban J connectivity index is 2.35. The van der Waals surface area contributed by atoms with Crippen molar-refractivity contribution in [3.8, 4) is 0 Å². The zero-order chi connectivity index (χ0) is 10.1. The molecule has 1 atom stereocenters. The SMILES string of the molecule is O=C(NC(O)C(F)(F)F)C1CCC1. The molecule has 0 aliphatic heterocycles. The Kier molecular flexibility index (Phi) is 2.80. The third-order valence-corrected chi connectivity index (χ3v) is 2.06. The van der Waals surface area contributed by atoms with Crippen molar-refractivity contribution in [2.24, 2.45) is 5.92 Å². The molecule has 0 heterocycles. The van der Waals surface area contributed by atoms with E-state index in [0.29, 0.717) is 12.8 Å². The first-order valence-electron chi connectivity index (χ1n) is 3.96. The van der Waals surface area contributed by atoms with E-state index in [1.165, 1.54) is 5.32 Å². The minimum absolute atomic E-state index is 0.350. The molecule has 3 nitrogen and oxygen atoms in total. The second kappa shape index (κ2) is 3.53. The molecular weight excluding hydrogens is 187 g/mol. The van der Waals surface area contributed by atoms with Crippen molar-refractivity contribution in [3.05, 3.63) is 0 Å². The smallest absolute Gasteiger partial charge is 0.366 e. The minimum Gasteiger partial charge on any atom is -0.366 e. The molecule has 76 valence electrons. The lowest BCUT2D eigenvalue weighted by molar-refractivity contribution is -0.214. The van der Waals surface area contributed by atoms with Gasteiger partial charge in [0.25, 0.3) is 0 Å². The summed E-state index contributed by atoms with van der Waals surface area (Å²) >= 11 is 0. The van der Waals surface area contributed by atoms with Gasteiger partial charge in [-0.15, -0.1) is 0 Å². The maximum Gasteiger partial charge on any atom is 0.433 e. The Morgan fingerprint density at radius 3 is 2.31 bits per heavy atom. The van der Waals surface area contributed by atoms with Gasteiger partial charge in [0.05, 0.1) is 0 Å². The molecule has 1 saturated carbocycles. The first-order valence-corrected chi connectivity index (χ1v) is 3.96. The molecule has 0 saturated heterocycles. The van der Waals surface area contributed by atoms with Crippen LogP contribution in [0, 0.1) is 5.92 Å². The summed E-state index contributed by atoms with van der Waals surface area (Å²) in [6.07, 6.45) is -5.44. The molecule has 0 aromatic heterocycles. The minimum atomic E-state index is -4.78. The van der Waals surface area contributed by atoms with Gasteiger partial charge in [-0.25, -0.2) is 0 Å². The second-order valence-electron chi connectivity index (χ2n) is 3.08. The molecule has 2 N–H and O–H groups in total. The zero-order valence-corrected chi connectivity index (χ0v) is 6.77. The maximum atomic E-state index is 11.7. The highest BCUT2D eigenvalue weighted by atomic mass is 19.4. The van der Waals surface area contributed by atoms with E-state index >= 15 is 0 Å². The van der Waals surface area contributed by atoms with Gasteiger partial charge in [0.1, 0.15) is 0 Å². The van der Waals surface area contributed by atoms with Crippen molar-refractivity contribution in [2.75, 3.05) is 0 Å². The topological polar surface area (TPSA) is 49.3 Å². The van der Waals surface area contributed by atoms with Crippen molar-refractivity contribution < 1.29 is 23.1 Å². The van der Waals surface area contributed by atoms with Gasteiger partial charge in [0.15, 0.2) is 0 Å². The van der Waals surface area contributed by atoms with Crippen molar-refractivity contribution in [2.45, 2.75) is 31.7 Å². The fourth-order valence-corrected chi connectivity index (χ4v) is 1.00. The fraction of sp³-hybridized carbons (Fsp3) is 0.857. The number of aliphatic hydroxyl groups excluding tert-OH is 1. The summed E-state index contributed by atoms with van der Waals surface area (Å²) in [7, 11) is 0. The largest absolute Gasteiger partial charge is 0.433 e. The predicted molar refractivity (Wildman–Crippen MR) is 37.5 cm³/mol. The summed E-state index contributed by atoms with van der Waals surface area (Å²) < 4.78 is 35.2. The Hall–Kier alpha value is -0.780. The number of alkyl halides is 3. The molecule has 0 aromatic rings. The Morgan fingerprint density at radius 2 is 2.00 bits per heavy atom. The van der Waals surface area contributed by atoms with Gasteiger partial charge in [-0.2, -0.15) is 13.2 Å². The van der Waals surface area contributed by atoms with Crippen LogP contribution >= 0.6 is 0 Å². The summed E-state index contributed by atoms with van der Waals surface area (Å²) in [5.74, 6) is -1.06. The molecule has 0 bridgehead atoms. The molecule has 1 amide bonds. The maximum absolute atomic E-state index is 11.7. The van der Waals surface area contributed by atoms with Gasteiger partial charge in [0.2, 0.25) is 12.1 Å². The number of hydrogen-bond acceptors (Lipinski definition) is 2. The van der Waals surface area contributed by atoms with Gasteiger partial charge in [-0.05, 0) is 12.8 Å². The Morgan fingerprint density at radius 1 is 1.46 bits per heavy atom. The van der Waals surface area contributed by atoms with E-state index in [4.69, 9.17) is 5.11 Å². The van der Waals surface area contributed by atoms with E-state index in [-0.39, 0.29) is 5.92 Å². The van der Waals surface area contributed by atoms with Crippen molar-refractivity contribution in [3.63, 3.8) is 0 Å². The lowest BCUT2D eigenvalue weighted by atomic mass is 9.85. The molecule has 1 fully saturated rings. The summed E-state index contributed by atoms with van der Waals surface area (Å²) in [5.41, 5.74) is 0. The normalized spacial score (nSPS) is 20.6. The zero-order valence-electron chi connectivity index (χ0n) is 6.77. The van der Waals surface area contributed by atoms with E-state index in [1.807, 2.05) is 0 Å². The number of carbonyl (C=O) groups is 1. The van der Waals surface area contributed by atoms with Crippen molar-refractivity contribution in [1.29, 1.82) is 0 Å². The van der Waals surface area contributed by atoms with Crippen LogP contribution in [0.1, 0.15) is 19.3 Å². The third-order valence-electron chi connectivity index (χ3n) is 2.06. The van der Waals surface area contributed by atoms with Crippen LogP contribution in [0.5, 0.6) is 0 Å². The lowest BCUT2D eigenvalue weighted by Gasteiger charge is -2.26. The van der Waals surface area contributed by atoms with Crippen LogP contribution in [-0.2, 0) is 4.79 Å². The molecule has 13 heavy (non-hydrogen) atoms. The van der Waals surface area contributed by atoms with E-state index < -0.39 is 18.3 Å². The Bertz CT molecular complexity index is 200. The Labute approximate surface area is 72.9 Å². The van der Waals surface area contributed by atoms with E-state index in [1.54, 1.807) is 0 Å². The molecule has 1 aliphatic rings. The molecule has 0 spiro atoms. The van der Waals surface area contributed by atoms with Crippen molar-refractivity contribution in [1.82, 2.24) is 5.32 Å². The molecule has 1 aliphatic carbocycles. The van der Waals surface area contributed by atoms with Gasteiger partial charge in [-0.1, -0.05) is 6.42 Å². The first kappa shape index (κ1) is 10.3. The molecule has 6 heteroatoms. The summed E-state index contributed by atoms with van der Waals surface area (Å²) in [6, 6.07) is 0. The van der Waals surface area contributed by atoms with E-state index in [0.717, 1.165) is 6.42 Å². The third kappa shape index (κ3) is 2.58. The highest BCUT2D eigenvalue weighted by Gasteiger charge is 2.40. The number of hydrogen-bond donors (Lipinski definition) is 2. The number of aliphatic hydroxyl groups is 1. The summed E-state index contributed by atoms with van der Waals surface area (Å²) in [6.45, 7) is 0. The average molecular weight is 197 g/mol. The van der Waals surface area contributed by atoms with Crippen LogP contribution in [0.2, 0.25) is 0 Å². The molecular formula is C7H10F3NO2. The summed E-state index contributed by atoms with van der Waals surface area (Å²) in [5, 5.41) is 9.98. The van der Waals surface area contributed by atoms with E-state index in [2.05, 4.69) is 0 Å². The van der Waals surface area contributed by atoms with Gasteiger partial charge >= 0.3 is 6.18 Å². The fourth-order valence-electron chi connectivity index (χ4n) is 1.00. The molecule has 0 aromatic carbocycles. The quantitative estimate of drug-likeness (QED) is 0.643. The van der Waals surface area contributed by atoms with Crippen LogP contribution in [0.15, 0.2) is 0 Å². The van der Waals surface area contributed by atoms with Crippen molar-refractivity contribution >= 4 is 5.91 Å². The van der Waals surface area contributed by atoms with Gasteiger partial charge < -0.3 is 10.4 Å². The van der Waals surface area contributed by atoms with E-state index in [9.17, 15) is 18.0 Å². The lowest BCUT2D eigenvalue weighted by Crippen LogP contribution is -2.48. The number of halogens is 3. The highest BCUT2D eigenvalue weighted by molar-refractivity contribution is 5.79. The first-order chi connectivity index (χ1) is 5.91. The van der Waals surface area contributed by atoms with Crippen LogP contribution in [0.25, 0.3) is 0 Å². The predicted octanol–water partition coefficient (Wildman–Crippen LogP) is 0.783. The van der Waals surface area contributed by atoms with Crippen LogP contribution in [-0.4, -0.2) is 23.4 Å². The molecule has 1 rings (SSSR count). The number of carbonyl (C=O) groups excluding carboxylic acids is 1. The van der Waals surface area contributed by atoms with Crippen LogP contribution < -0.4 is 5.32 Å². The molecule has 1 unspecified atom stereocenters. The van der Waals surface area contributed by atoms with Gasteiger partial charge in [0, 0.05) is 5.92 Å². The van der Waals surface area contributed by atoms with Crippen LogP contribution in [0.4, 0.5) is 13.2 Å². The molecule has 0 radical (unpaired) electrons.